The summed E-state index contributed by atoms with van der Waals surface area (Å²) >= 11 is 9.87. The summed E-state index contributed by atoms with van der Waals surface area (Å²) in [6.45, 7) is 0. The van der Waals surface area contributed by atoms with Crippen LogP contribution >= 0.6 is 24.4 Å². The van der Waals surface area contributed by atoms with Crippen molar-refractivity contribution in [3.05, 3.63) is 21.2 Å². The molecule has 0 aliphatic rings. The Hall–Kier alpha value is -1.36. The van der Waals surface area contributed by atoms with E-state index in [9.17, 15) is 10.2 Å². The summed E-state index contributed by atoms with van der Waals surface area (Å²) < 4.78 is 3.66. The van der Waals surface area contributed by atoms with Gasteiger partial charge in [-0.3, -0.25) is 10.2 Å². The van der Waals surface area contributed by atoms with Crippen LogP contribution in [0.15, 0.2) is 0 Å². The van der Waals surface area contributed by atoms with Crippen LogP contribution in [0.1, 0.15) is 23.9 Å². The standard InChI is InChI=1S/C8H12N6O2S2/c1-13-5(9-11-7(13)17)3(15)4(16)6-10-12-8(18)14(6)2/h3-4,15-16H,1-2H3,(H,11,17)(H,12,18)/t3-,4-/m0/s1. The minimum absolute atomic E-state index is 0.224. The largest absolute Gasteiger partial charge is 0.382 e. The number of hydrogen-bond donors (Lipinski definition) is 4. The van der Waals surface area contributed by atoms with Gasteiger partial charge in [0.25, 0.3) is 0 Å². The van der Waals surface area contributed by atoms with E-state index in [1.165, 1.54) is 9.13 Å². The molecule has 0 aliphatic carbocycles. The molecule has 0 aliphatic heterocycles. The summed E-state index contributed by atoms with van der Waals surface area (Å²) in [5, 5.41) is 32.9. The molecular formula is C8H12N6O2S2. The molecule has 0 spiro atoms. The van der Waals surface area contributed by atoms with Crippen LogP contribution in [0.25, 0.3) is 0 Å². The number of aliphatic hydroxyl groups excluding tert-OH is 2. The number of rotatable bonds is 3. The van der Waals surface area contributed by atoms with Crippen molar-refractivity contribution in [2.75, 3.05) is 0 Å². The first-order chi connectivity index (χ1) is 8.43. The lowest BCUT2D eigenvalue weighted by Gasteiger charge is -2.15. The Morgan fingerprint density at radius 3 is 1.50 bits per heavy atom. The average molecular weight is 288 g/mol. The quantitative estimate of drug-likeness (QED) is 0.594. The number of nitrogens with zero attached hydrogens (tertiary/aromatic N) is 4. The van der Waals surface area contributed by atoms with E-state index in [1.54, 1.807) is 14.1 Å². The third-order valence-corrected chi connectivity index (χ3v) is 3.39. The lowest BCUT2D eigenvalue weighted by Crippen LogP contribution is -2.18. The van der Waals surface area contributed by atoms with E-state index in [2.05, 4.69) is 20.4 Å². The molecule has 2 aromatic rings. The fourth-order valence-corrected chi connectivity index (χ4v) is 1.81. The van der Waals surface area contributed by atoms with Gasteiger partial charge in [-0.15, -0.1) is 0 Å². The molecule has 2 atom stereocenters. The van der Waals surface area contributed by atoms with Crippen molar-refractivity contribution >= 4 is 24.4 Å². The highest BCUT2D eigenvalue weighted by molar-refractivity contribution is 7.71. The Morgan fingerprint density at radius 1 is 0.944 bits per heavy atom. The number of H-pyrrole nitrogens is 2. The van der Waals surface area contributed by atoms with Gasteiger partial charge in [-0.25, -0.2) is 0 Å². The second-order valence-electron chi connectivity index (χ2n) is 3.78. The molecular weight excluding hydrogens is 276 g/mol. The highest BCUT2D eigenvalue weighted by Gasteiger charge is 2.28. The summed E-state index contributed by atoms with van der Waals surface area (Å²) in [6, 6.07) is 0. The van der Waals surface area contributed by atoms with Gasteiger partial charge in [0.15, 0.2) is 21.2 Å². The van der Waals surface area contributed by atoms with Crippen molar-refractivity contribution in [3.63, 3.8) is 0 Å². The molecule has 2 rings (SSSR count). The van der Waals surface area contributed by atoms with Crippen molar-refractivity contribution in [2.45, 2.75) is 12.2 Å². The summed E-state index contributed by atoms with van der Waals surface area (Å²) in [5.74, 6) is 0.447. The molecule has 98 valence electrons. The molecule has 8 nitrogen and oxygen atoms in total. The normalized spacial score (nSPS) is 14.7. The van der Waals surface area contributed by atoms with Crippen molar-refractivity contribution in [1.29, 1.82) is 0 Å². The molecule has 0 fully saturated rings. The van der Waals surface area contributed by atoms with Gasteiger partial charge in [0.1, 0.15) is 12.2 Å². The Balaban J connectivity index is 2.37. The number of aliphatic hydroxyl groups is 2. The number of nitrogens with one attached hydrogen (secondary N) is 2. The Bertz CT molecular complexity index is 609. The third kappa shape index (κ3) is 2.03. The lowest BCUT2D eigenvalue weighted by molar-refractivity contribution is 0.00288. The third-order valence-electron chi connectivity index (χ3n) is 2.66. The Kier molecular flexibility index (Phi) is 3.43. The van der Waals surface area contributed by atoms with Crippen molar-refractivity contribution < 1.29 is 10.2 Å². The Labute approximate surface area is 112 Å². The van der Waals surface area contributed by atoms with Crippen LogP contribution in [0.3, 0.4) is 0 Å². The zero-order valence-electron chi connectivity index (χ0n) is 9.65. The van der Waals surface area contributed by atoms with Gasteiger partial charge in [0.2, 0.25) is 0 Å². The van der Waals surface area contributed by atoms with Crippen LogP contribution in [0.4, 0.5) is 0 Å². The van der Waals surface area contributed by atoms with Crippen LogP contribution in [0, 0.1) is 9.54 Å². The molecule has 0 saturated heterocycles. The molecule has 0 bridgehead atoms. The topological polar surface area (TPSA) is 108 Å². The van der Waals surface area contributed by atoms with E-state index in [0.29, 0.717) is 9.54 Å². The molecule has 0 aromatic carbocycles. The summed E-state index contributed by atoms with van der Waals surface area (Å²) in [7, 11) is 3.28. The minimum Gasteiger partial charge on any atom is -0.382 e. The van der Waals surface area contributed by atoms with Crippen molar-refractivity contribution in [2.24, 2.45) is 14.1 Å². The van der Waals surface area contributed by atoms with Gasteiger partial charge in [-0.1, -0.05) is 0 Å². The predicted molar refractivity (Wildman–Crippen MR) is 66.7 cm³/mol. The van der Waals surface area contributed by atoms with E-state index in [4.69, 9.17) is 24.4 Å². The SMILES string of the molecule is Cn1c([C@@H](O)[C@H](O)c2n[nH]c(=S)n2C)n[nH]c1=S. The van der Waals surface area contributed by atoms with Crippen LogP contribution in [-0.2, 0) is 14.1 Å². The summed E-state index contributed by atoms with van der Waals surface area (Å²) in [5.41, 5.74) is 0. The van der Waals surface area contributed by atoms with Gasteiger partial charge in [0.05, 0.1) is 0 Å². The van der Waals surface area contributed by atoms with Crippen LogP contribution in [0.2, 0.25) is 0 Å². The maximum atomic E-state index is 10.1. The van der Waals surface area contributed by atoms with Gasteiger partial charge < -0.3 is 19.3 Å². The minimum atomic E-state index is -1.26. The van der Waals surface area contributed by atoms with Gasteiger partial charge in [-0.2, -0.15) is 10.2 Å². The van der Waals surface area contributed by atoms with Gasteiger partial charge in [-0.05, 0) is 24.4 Å². The first-order valence-corrected chi connectivity index (χ1v) is 5.84. The fraction of sp³-hybridized carbons (Fsp3) is 0.500. The maximum Gasteiger partial charge on any atom is 0.194 e. The zero-order chi connectivity index (χ0) is 13.4. The van der Waals surface area contributed by atoms with Crippen molar-refractivity contribution in [3.8, 4) is 0 Å². The van der Waals surface area contributed by atoms with E-state index in [0.717, 1.165) is 0 Å². The molecule has 2 aromatic heterocycles. The predicted octanol–water partition coefficient (Wildman–Crippen LogP) is 0.0358. The maximum absolute atomic E-state index is 10.1. The van der Waals surface area contributed by atoms with Gasteiger partial charge in [0, 0.05) is 14.1 Å². The molecule has 10 heteroatoms. The molecule has 18 heavy (non-hydrogen) atoms. The molecule has 4 N–H and O–H groups in total. The van der Waals surface area contributed by atoms with E-state index in [-0.39, 0.29) is 11.6 Å². The van der Waals surface area contributed by atoms with Crippen LogP contribution in [0.5, 0.6) is 0 Å². The van der Waals surface area contributed by atoms with E-state index in [1.807, 2.05) is 0 Å². The van der Waals surface area contributed by atoms with E-state index >= 15 is 0 Å². The number of hydrogen-bond acceptors (Lipinski definition) is 6. The monoisotopic (exact) mass is 288 g/mol. The fourth-order valence-electron chi connectivity index (χ4n) is 1.53. The van der Waals surface area contributed by atoms with Crippen LogP contribution in [-0.4, -0.2) is 39.7 Å². The highest BCUT2D eigenvalue weighted by atomic mass is 32.1. The second kappa shape index (κ2) is 4.72. The lowest BCUT2D eigenvalue weighted by atomic mass is 10.2. The summed E-state index contributed by atoms with van der Waals surface area (Å²) in [4.78, 5) is 0. The number of aromatic amines is 2. The number of aromatic nitrogens is 6. The molecule has 0 amide bonds. The first-order valence-electron chi connectivity index (χ1n) is 5.02. The average Bonchev–Trinajstić information content (AvgIpc) is 2.84. The zero-order valence-corrected chi connectivity index (χ0v) is 11.3. The second-order valence-corrected chi connectivity index (χ2v) is 4.56. The molecule has 2 heterocycles. The van der Waals surface area contributed by atoms with Gasteiger partial charge >= 0.3 is 0 Å². The molecule has 0 unspecified atom stereocenters. The summed E-state index contributed by atoms with van der Waals surface area (Å²) in [6.07, 6.45) is -2.52. The van der Waals surface area contributed by atoms with Crippen molar-refractivity contribution in [1.82, 2.24) is 29.5 Å². The Morgan fingerprint density at radius 2 is 1.28 bits per heavy atom. The van der Waals surface area contributed by atoms with E-state index < -0.39 is 12.2 Å². The molecule has 0 saturated carbocycles. The highest BCUT2D eigenvalue weighted by Crippen LogP contribution is 2.25. The molecule has 0 radical (unpaired) electrons. The van der Waals surface area contributed by atoms with Crippen LogP contribution < -0.4 is 0 Å². The smallest absolute Gasteiger partial charge is 0.194 e. The first kappa shape index (κ1) is 13.1.